The molecule has 1 saturated heterocycles. The average Bonchev–Trinajstić information content (AvgIpc) is 2.15. The van der Waals surface area contributed by atoms with Gasteiger partial charge in [-0.2, -0.15) is 0 Å². The molecular weight excluding hydrogens is 160 g/mol. The molecule has 1 aliphatic rings. The maximum atomic E-state index is 3.74. The fourth-order valence-electron chi connectivity index (χ4n) is 2.08. The zero-order valence-corrected chi connectivity index (χ0v) is 9.27. The second-order valence-corrected chi connectivity index (χ2v) is 4.47. The summed E-state index contributed by atoms with van der Waals surface area (Å²) in [5.41, 5.74) is 0. The van der Waals surface area contributed by atoms with Crippen molar-refractivity contribution in [1.29, 1.82) is 0 Å². The lowest BCUT2D eigenvalue weighted by Gasteiger charge is -2.30. The van der Waals surface area contributed by atoms with E-state index in [4.69, 9.17) is 0 Å². The van der Waals surface area contributed by atoms with Crippen LogP contribution in [-0.2, 0) is 0 Å². The van der Waals surface area contributed by atoms with Crippen LogP contribution in [0, 0.1) is 5.92 Å². The molecule has 13 heavy (non-hydrogen) atoms. The van der Waals surface area contributed by atoms with E-state index in [1.54, 1.807) is 0 Å². The largest absolute Gasteiger partial charge is 0.315 e. The molecule has 2 atom stereocenters. The summed E-state index contributed by atoms with van der Waals surface area (Å²) in [5, 5.41) is 7.18. The van der Waals surface area contributed by atoms with Crippen LogP contribution in [-0.4, -0.2) is 25.2 Å². The third kappa shape index (κ3) is 3.65. The van der Waals surface area contributed by atoms with E-state index in [1.807, 2.05) is 0 Å². The lowest BCUT2D eigenvalue weighted by atomic mass is 9.98. The van der Waals surface area contributed by atoms with Crippen molar-refractivity contribution >= 4 is 0 Å². The van der Waals surface area contributed by atoms with Crippen LogP contribution >= 0.6 is 0 Å². The lowest BCUT2D eigenvalue weighted by Crippen LogP contribution is -2.48. The van der Waals surface area contributed by atoms with Gasteiger partial charge in [0, 0.05) is 18.6 Å². The predicted octanol–water partition coefficient (Wildman–Crippen LogP) is 1.76. The Balaban J connectivity index is 2.27. The molecule has 0 bridgehead atoms. The van der Waals surface area contributed by atoms with E-state index in [1.165, 1.54) is 25.8 Å². The molecule has 1 rings (SSSR count). The van der Waals surface area contributed by atoms with E-state index in [-0.39, 0.29) is 0 Å². The quantitative estimate of drug-likeness (QED) is 0.696. The third-order valence-electron chi connectivity index (χ3n) is 2.99. The van der Waals surface area contributed by atoms with Gasteiger partial charge in [-0.3, -0.25) is 0 Å². The topological polar surface area (TPSA) is 24.1 Å². The summed E-state index contributed by atoms with van der Waals surface area (Å²) in [5.74, 6) is 0.756. The van der Waals surface area contributed by atoms with E-state index in [2.05, 4.69) is 31.4 Å². The molecule has 0 spiro atoms. The summed E-state index contributed by atoms with van der Waals surface area (Å²) in [6, 6.07) is 1.41. The van der Waals surface area contributed by atoms with Gasteiger partial charge < -0.3 is 10.6 Å². The van der Waals surface area contributed by atoms with Gasteiger partial charge in [0.1, 0.15) is 0 Å². The molecule has 1 fully saturated rings. The molecule has 1 aliphatic heterocycles. The van der Waals surface area contributed by atoms with Gasteiger partial charge in [0.05, 0.1) is 0 Å². The number of piperidine rings is 1. The molecule has 0 saturated carbocycles. The fraction of sp³-hybridized carbons (Fsp3) is 1.00. The Kier molecular flexibility index (Phi) is 4.74. The van der Waals surface area contributed by atoms with Crippen molar-refractivity contribution in [2.75, 3.05) is 13.1 Å². The van der Waals surface area contributed by atoms with Gasteiger partial charge in [0.25, 0.3) is 0 Å². The molecule has 0 aliphatic carbocycles. The highest BCUT2D eigenvalue weighted by Crippen LogP contribution is 2.09. The zero-order valence-electron chi connectivity index (χ0n) is 9.27. The number of hydrogen-bond acceptors (Lipinski definition) is 2. The smallest absolute Gasteiger partial charge is 0.0195 e. The van der Waals surface area contributed by atoms with Crippen LogP contribution in [0.15, 0.2) is 0 Å². The van der Waals surface area contributed by atoms with Gasteiger partial charge in [-0.05, 0) is 31.7 Å². The summed E-state index contributed by atoms with van der Waals surface area (Å²) >= 11 is 0. The van der Waals surface area contributed by atoms with Crippen molar-refractivity contribution in [1.82, 2.24) is 10.6 Å². The van der Waals surface area contributed by atoms with Crippen molar-refractivity contribution < 1.29 is 0 Å². The summed E-state index contributed by atoms with van der Waals surface area (Å²) in [6.07, 6.45) is 3.91. The Morgan fingerprint density at radius 1 is 1.46 bits per heavy atom. The fourth-order valence-corrected chi connectivity index (χ4v) is 2.08. The summed E-state index contributed by atoms with van der Waals surface area (Å²) < 4.78 is 0. The van der Waals surface area contributed by atoms with Gasteiger partial charge in [-0.1, -0.05) is 20.8 Å². The Labute approximate surface area is 82.5 Å². The highest BCUT2D eigenvalue weighted by Gasteiger charge is 2.18. The van der Waals surface area contributed by atoms with Gasteiger partial charge >= 0.3 is 0 Å². The van der Waals surface area contributed by atoms with Crippen molar-refractivity contribution in [3.8, 4) is 0 Å². The van der Waals surface area contributed by atoms with Crippen molar-refractivity contribution in [3.63, 3.8) is 0 Å². The molecule has 0 amide bonds. The standard InChI is InChI=1S/C11H24N2/c1-4-11(9(2)3)13-10-6-5-7-12-8-10/h9-13H,4-8H2,1-3H3. The van der Waals surface area contributed by atoms with Crippen molar-refractivity contribution in [2.24, 2.45) is 5.92 Å². The lowest BCUT2D eigenvalue weighted by molar-refractivity contribution is 0.302. The van der Waals surface area contributed by atoms with Crippen LogP contribution in [0.4, 0.5) is 0 Å². The van der Waals surface area contributed by atoms with E-state index in [9.17, 15) is 0 Å². The van der Waals surface area contributed by atoms with Crippen molar-refractivity contribution in [2.45, 2.75) is 52.1 Å². The van der Waals surface area contributed by atoms with Crippen LogP contribution in [0.2, 0.25) is 0 Å². The first-order chi connectivity index (χ1) is 6.24. The van der Waals surface area contributed by atoms with Crippen LogP contribution < -0.4 is 10.6 Å². The highest BCUT2D eigenvalue weighted by molar-refractivity contribution is 4.80. The van der Waals surface area contributed by atoms with E-state index in [0.717, 1.165) is 12.5 Å². The van der Waals surface area contributed by atoms with E-state index in [0.29, 0.717) is 12.1 Å². The van der Waals surface area contributed by atoms with Gasteiger partial charge in [-0.25, -0.2) is 0 Å². The molecule has 0 aromatic heterocycles. The molecule has 78 valence electrons. The first-order valence-corrected chi connectivity index (χ1v) is 5.70. The van der Waals surface area contributed by atoms with Crippen LogP contribution in [0.5, 0.6) is 0 Å². The number of rotatable bonds is 4. The molecule has 2 nitrogen and oxygen atoms in total. The maximum Gasteiger partial charge on any atom is 0.0195 e. The summed E-state index contributed by atoms with van der Waals surface area (Å²) in [4.78, 5) is 0. The van der Waals surface area contributed by atoms with Crippen LogP contribution in [0.3, 0.4) is 0 Å². The number of nitrogens with one attached hydrogen (secondary N) is 2. The molecule has 2 heteroatoms. The third-order valence-corrected chi connectivity index (χ3v) is 2.99. The van der Waals surface area contributed by atoms with Gasteiger partial charge in [-0.15, -0.1) is 0 Å². The molecular formula is C11H24N2. The monoisotopic (exact) mass is 184 g/mol. The first kappa shape index (κ1) is 11.0. The Hall–Kier alpha value is -0.0800. The molecule has 0 aromatic carbocycles. The molecule has 0 aromatic rings. The van der Waals surface area contributed by atoms with Crippen LogP contribution in [0.1, 0.15) is 40.0 Å². The Morgan fingerprint density at radius 3 is 2.69 bits per heavy atom. The summed E-state index contributed by atoms with van der Waals surface area (Å²) in [7, 11) is 0. The first-order valence-electron chi connectivity index (χ1n) is 5.70. The van der Waals surface area contributed by atoms with E-state index < -0.39 is 0 Å². The molecule has 1 heterocycles. The average molecular weight is 184 g/mol. The second kappa shape index (κ2) is 5.61. The van der Waals surface area contributed by atoms with Crippen LogP contribution in [0.25, 0.3) is 0 Å². The van der Waals surface area contributed by atoms with Crippen molar-refractivity contribution in [3.05, 3.63) is 0 Å². The van der Waals surface area contributed by atoms with Gasteiger partial charge in [0.2, 0.25) is 0 Å². The number of hydrogen-bond donors (Lipinski definition) is 2. The minimum Gasteiger partial charge on any atom is -0.315 e. The minimum atomic E-state index is 0.699. The van der Waals surface area contributed by atoms with E-state index >= 15 is 0 Å². The SMILES string of the molecule is CCC(NC1CCCNC1)C(C)C. The highest BCUT2D eigenvalue weighted by atomic mass is 15.0. The zero-order chi connectivity index (χ0) is 9.68. The predicted molar refractivity (Wildman–Crippen MR) is 57.9 cm³/mol. The Morgan fingerprint density at radius 2 is 2.23 bits per heavy atom. The molecule has 2 N–H and O–H groups in total. The second-order valence-electron chi connectivity index (χ2n) is 4.47. The molecule has 0 radical (unpaired) electrons. The summed E-state index contributed by atoms with van der Waals surface area (Å²) in [6.45, 7) is 9.24. The maximum absolute atomic E-state index is 3.74. The normalized spacial score (nSPS) is 26.3. The van der Waals surface area contributed by atoms with Gasteiger partial charge in [0.15, 0.2) is 0 Å². The Bertz CT molecular complexity index is 128. The molecule has 2 unspecified atom stereocenters. The minimum absolute atomic E-state index is 0.699.